The highest BCUT2D eigenvalue weighted by Crippen LogP contribution is 2.21. The van der Waals surface area contributed by atoms with Gasteiger partial charge in [0.05, 0.1) is 0 Å². The number of aromatic hydroxyl groups is 1. The summed E-state index contributed by atoms with van der Waals surface area (Å²) in [5.74, 6) is 0.299. The van der Waals surface area contributed by atoms with Crippen molar-refractivity contribution in [2.75, 3.05) is 0 Å². The lowest BCUT2D eigenvalue weighted by Gasteiger charge is -1.98. The third-order valence-electron chi connectivity index (χ3n) is 2.89. The molecule has 2 N–H and O–H groups in total. The first-order valence-corrected chi connectivity index (χ1v) is 6.94. The fourth-order valence-electron chi connectivity index (χ4n) is 1.79. The molecule has 0 unspecified atom stereocenters. The van der Waals surface area contributed by atoms with Crippen LogP contribution in [0, 0.1) is 0 Å². The van der Waals surface area contributed by atoms with Gasteiger partial charge < -0.3 is 10.4 Å². The molecule has 0 aliphatic heterocycles. The van der Waals surface area contributed by atoms with E-state index in [1.54, 1.807) is 23.5 Å². The molecule has 1 heterocycles. The molecule has 1 aliphatic carbocycles. The van der Waals surface area contributed by atoms with Crippen LogP contribution in [-0.2, 0) is 13.0 Å². The summed E-state index contributed by atoms with van der Waals surface area (Å²) in [5.41, 5.74) is 1.06. The second kappa shape index (κ2) is 5.04. The van der Waals surface area contributed by atoms with Gasteiger partial charge in [-0.3, -0.25) is 0 Å². The van der Waals surface area contributed by atoms with E-state index in [9.17, 15) is 5.11 Å². The second-order valence-corrected chi connectivity index (χ2v) is 5.74. The van der Waals surface area contributed by atoms with Gasteiger partial charge in [-0.15, -0.1) is 10.2 Å². The fraction of sp³-hybridized carbons (Fsp3) is 0.385. The van der Waals surface area contributed by atoms with Gasteiger partial charge in [0.25, 0.3) is 0 Å². The number of rotatable bonds is 5. The molecule has 1 aromatic heterocycles. The maximum absolute atomic E-state index is 9.41. The molecule has 1 aromatic carbocycles. The van der Waals surface area contributed by atoms with E-state index in [2.05, 4.69) is 15.5 Å². The third kappa shape index (κ3) is 3.05. The van der Waals surface area contributed by atoms with Gasteiger partial charge in [0.1, 0.15) is 15.8 Å². The Labute approximate surface area is 110 Å². The Morgan fingerprint density at radius 2 is 2.11 bits per heavy atom. The maximum Gasteiger partial charge on any atom is 0.131 e. The van der Waals surface area contributed by atoms with E-state index in [1.807, 2.05) is 12.1 Å². The highest BCUT2D eigenvalue weighted by atomic mass is 32.1. The average molecular weight is 261 g/mol. The first-order valence-electron chi connectivity index (χ1n) is 6.12. The van der Waals surface area contributed by atoms with E-state index in [4.69, 9.17) is 0 Å². The molecule has 0 spiro atoms. The van der Waals surface area contributed by atoms with Gasteiger partial charge in [0, 0.05) is 19.0 Å². The molecule has 5 heteroatoms. The van der Waals surface area contributed by atoms with E-state index >= 15 is 0 Å². The molecule has 0 atom stereocenters. The van der Waals surface area contributed by atoms with Crippen molar-refractivity contribution in [1.29, 1.82) is 0 Å². The molecule has 1 fully saturated rings. The average Bonchev–Trinajstić information content (AvgIpc) is 3.08. The van der Waals surface area contributed by atoms with Crippen molar-refractivity contribution in [2.24, 2.45) is 0 Å². The van der Waals surface area contributed by atoms with Crippen molar-refractivity contribution < 1.29 is 5.11 Å². The molecule has 0 radical (unpaired) electrons. The van der Waals surface area contributed by atoms with E-state index in [-0.39, 0.29) is 0 Å². The SMILES string of the molecule is Oc1cccc(Cc2nnc(CNC3CC3)s2)c1. The highest BCUT2D eigenvalue weighted by molar-refractivity contribution is 7.11. The Morgan fingerprint density at radius 3 is 2.89 bits per heavy atom. The van der Waals surface area contributed by atoms with Gasteiger partial charge >= 0.3 is 0 Å². The summed E-state index contributed by atoms with van der Waals surface area (Å²) < 4.78 is 0. The summed E-state index contributed by atoms with van der Waals surface area (Å²) in [6.07, 6.45) is 3.30. The number of aromatic nitrogens is 2. The van der Waals surface area contributed by atoms with Gasteiger partial charge in [-0.25, -0.2) is 0 Å². The van der Waals surface area contributed by atoms with Crippen LogP contribution in [0.1, 0.15) is 28.4 Å². The summed E-state index contributed by atoms with van der Waals surface area (Å²) >= 11 is 1.64. The maximum atomic E-state index is 9.41. The molecule has 0 amide bonds. The largest absolute Gasteiger partial charge is 0.508 e. The minimum atomic E-state index is 0.299. The Bertz CT molecular complexity index is 537. The molecule has 0 bridgehead atoms. The number of nitrogens with one attached hydrogen (secondary N) is 1. The molecule has 0 saturated heterocycles. The molecule has 18 heavy (non-hydrogen) atoms. The molecular weight excluding hydrogens is 246 g/mol. The van der Waals surface area contributed by atoms with Crippen LogP contribution in [0.5, 0.6) is 5.75 Å². The number of benzene rings is 1. The van der Waals surface area contributed by atoms with E-state index in [0.717, 1.165) is 28.5 Å². The molecule has 3 rings (SSSR count). The van der Waals surface area contributed by atoms with Crippen LogP contribution in [0.25, 0.3) is 0 Å². The lowest BCUT2D eigenvalue weighted by molar-refractivity contribution is 0.474. The minimum absolute atomic E-state index is 0.299. The summed E-state index contributed by atoms with van der Waals surface area (Å²) in [7, 11) is 0. The molecular formula is C13H15N3OS. The zero-order valence-corrected chi connectivity index (χ0v) is 10.8. The Morgan fingerprint density at radius 1 is 1.28 bits per heavy atom. The van der Waals surface area contributed by atoms with Crippen LogP contribution in [0.15, 0.2) is 24.3 Å². The van der Waals surface area contributed by atoms with Crippen molar-refractivity contribution in [1.82, 2.24) is 15.5 Å². The quantitative estimate of drug-likeness (QED) is 0.865. The van der Waals surface area contributed by atoms with Crippen LogP contribution in [0.3, 0.4) is 0 Å². The van der Waals surface area contributed by atoms with E-state index in [1.165, 1.54) is 12.8 Å². The van der Waals surface area contributed by atoms with E-state index < -0.39 is 0 Å². The van der Waals surface area contributed by atoms with Crippen LogP contribution in [0.4, 0.5) is 0 Å². The Hall–Kier alpha value is -1.46. The van der Waals surface area contributed by atoms with Crippen molar-refractivity contribution in [3.05, 3.63) is 39.8 Å². The minimum Gasteiger partial charge on any atom is -0.508 e. The lowest BCUT2D eigenvalue weighted by atomic mass is 10.1. The van der Waals surface area contributed by atoms with Crippen LogP contribution in [-0.4, -0.2) is 21.3 Å². The number of phenolic OH excluding ortho intramolecular Hbond substituents is 1. The second-order valence-electron chi connectivity index (χ2n) is 4.59. The Balaban J connectivity index is 1.61. The normalized spacial score (nSPS) is 14.9. The number of hydrogen-bond donors (Lipinski definition) is 2. The first kappa shape index (κ1) is 11.6. The van der Waals surface area contributed by atoms with Crippen LogP contribution < -0.4 is 5.32 Å². The first-order chi connectivity index (χ1) is 8.79. The zero-order chi connectivity index (χ0) is 12.4. The van der Waals surface area contributed by atoms with Gasteiger partial charge in [-0.2, -0.15) is 0 Å². The van der Waals surface area contributed by atoms with Gasteiger partial charge in [-0.05, 0) is 30.5 Å². The van der Waals surface area contributed by atoms with Gasteiger partial charge in [0.2, 0.25) is 0 Å². The summed E-state index contributed by atoms with van der Waals surface area (Å²) in [6.45, 7) is 0.822. The molecule has 2 aromatic rings. The van der Waals surface area contributed by atoms with E-state index in [0.29, 0.717) is 11.8 Å². The predicted molar refractivity (Wildman–Crippen MR) is 70.7 cm³/mol. The van der Waals surface area contributed by atoms with Crippen molar-refractivity contribution >= 4 is 11.3 Å². The predicted octanol–water partition coefficient (Wildman–Crippen LogP) is 2.09. The smallest absolute Gasteiger partial charge is 0.131 e. The van der Waals surface area contributed by atoms with Crippen molar-refractivity contribution in [3.63, 3.8) is 0 Å². The molecule has 1 aliphatic rings. The Kier molecular flexibility index (Phi) is 3.25. The highest BCUT2D eigenvalue weighted by Gasteiger charge is 2.20. The van der Waals surface area contributed by atoms with Crippen molar-refractivity contribution in [3.8, 4) is 5.75 Å². The number of nitrogens with zero attached hydrogens (tertiary/aromatic N) is 2. The van der Waals surface area contributed by atoms with Gasteiger partial charge in [0.15, 0.2) is 0 Å². The summed E-state index contributed by atoms with van der Waals surface area (Å²) in [6, 6.07) is 7.98. The molecule has 94 valence electrons. The van der Waals surface area contributed by atoms with Crippen LogP contribution in [0.2, 0.25) is 0 Å². The lowest BCUT2D eigenvalue weighted by Crippen LogP contribution is -2.14. The molecule has 1 saturated carbocycles. The van der Waals surface area contributed by atoms with Crippen molar-refractivity contribution in [2.45, 2.75) is 31.8 Å². The summed E-state index contributed by atoms with van der Waals surface area (Å²) in [5, 5.41) is 23.2. The zero-order valence-electron chi connectivity index (χ0n) is 9.97. The number of phenols is 1. The monoisotopic (exact) mass is 261 g/mol. The number of hydrogen-bond acceptors (Lipinski definition) is 5. The third-order valence-corrected chi connectivity index (χ3v) is 3.82. The summed E-state index contributed by atoms with van der Waals surface area (Å²) in [4.78, 5) is 0. The standard InChI is InChI=1S/C13H15N3OS/c17-11-3-1-2-9(6-11)7-12-15-16-13(18-12)8-14-10-4-5-10/h1-3,6,10,14,17H,4-5,7-8H2. The topological polar surface area (TPSA) is 58.0 Å². The van der Waals surface area contributed by atoms with Crippen LogP contribution >= 0.6 is 11.3 Å². The van der Waals surface area contributed by atoms with Gasteiger partial charge in [-0.1, -0.05) is 23.5 Å². The fourth-order valence-corrected chi connectivity index (χ4v) is 2.62. The molecule has 4 nitrogen and oxygen atoms in total.